The summed E-state index contributed by atoms with van der Waals surface area (Å²) in [4.78, 5) is 12.6. The van der Waals surface area contributed by atoms with E-state index in [2.05, 4.69) is 15.5 Å². The zero-order valence-electron chi connectivity index (χ0n) is 12.6. The van der Waals surface area contributed by atoms with Gasteiger partial charge in [0.2, 0.25) is 0 Å². The number of carbonyl (C=O) groups is 1. The number of ether oxygens (including phenoxy) is 2. The monoisotopic (exact) mass is 333 g/mol. The molecule has 0 saturated carbocycles. The van der Waals surface area contributed by atoms with Gasteiger partial charge in [0.05, 0.1) is 36.7 Å². The van der Waals surface area contributed by atoms with Crippen LogP contribution in [0.4, 0.5) is 4.39 Å². The second-order valence-corrected chi connectivity index (χ2v) is 5.91. The topological polar surface area (TPSA) is 96.5 Å². The van der Waals surface area contributed by atoms with Crippen LogP contribution in [0, 0.1) is 5.82 Å². The van der Waals surface area contributed by atoms with Crippen LogP contribution in [0.1, 0.15) is 10.4 Å². The third-order valence-electron chi connectivity index (χ3n) is 4.34. The predicted molar refractivity (Wildman–Crippen MR) is 80.7 cm³/mol. The number of rotatable bonds is 3. The molecule has 2 fully saturated rings. The summed E-state index contributed by atoms with van der Waals surface area (Å²) < 4.78 is 24.4. The quantitative estimate of drug-likeness (QED) is 0.759. The molecule has 0 aliphatic carbocycles. The fourth-order valence-electron chi connectivity index (χ4n) is 3.17. The van der Waals surface area contributed by atoms with Gasteiger partial charge < -0.3 is 19.9 Å². The number of hydrogen-bond acceptors (Lipinski definition) is 5. The number of carbonyl (C=O) groups excluding carboxylic acids is 1. The molecule has 0 radical (unpaired) electrons. The van der Waals surface area contributed by atoms with Gasteiger partial charge in [-0.3, -0.25) is 9.89 Å². The first-order valence-corrected chi connectivity index (χ1v) is 7.65. The summed E-state index contributed by atoms with van der Waals surface area (Å²) in [6.45, 7) is 0.466. The van der Waals surface area contributed by atoms with Crippen molar-refractivity contribution in [3.8, 4) is 11.3 Å². The van der Waals surface area contributed by atoms with Gasteiger partial charge in [-0.05, 0) is 12.1 Å². The number of nitrogens with zero attached hydrogens (tertiary/aromatic N) is 1. The highest BCUT2D eigenvalue weighted by atomic mass is 19.1. The van der Waals surface area contributed by atoms with E-state index in [9.17, 15) is 14.3 Å². The lowest BCUT2D eigenvalue weighted by molar-refractivity contribution is 0.0178. The van der Waals surface area contributed by atoms with E-state index in [1.54, 1.807) is 12.1 Å². The average Bonchev–Trinajstić information content (AvgIpc) is 3.26. The van der Waals surface area contributed by atoms with Crippen LogP contribution in [0.25, 0.3) is 11.3 Å². The van der Waals surface area contributed by atoms with E-state index in [4.69, 9.17) is 9.47 Å². The third-order valence-corrected chi connectivity index (χ3v) is 4.34. The lowest BCUT2D eigenvalue weighted by Crippen LogP contribution is -2.44. The molecule has 8 heteroatoms. The number of halogens is 1. The number of aliphatic hydroxyl groups is 1. The Bertz CT molecular complexity index is 765. The highest BCUT2D eigenvalue weighted by Crippen LogP contribution is 2.28. The fraction of sp³-hybridized carbons (Fsp3) is 0.375. The number of hydrogen-bond donors (Lipinski definition) is 3. The molecule has 4 atom stereocenters. The molecule has 1 amide bonds. The van der Waals surface area contributed by atoms with Crippen molar-refractivity contribution >= 4 is 5.91 Å². The van der Waals surface area contributed by atoms with E-state index >= 15 is 0 Å². The summed E-state index contributed by atoms with van der Waals surface area (Å²) in [5, 5.41) is 19.2. The SMILES string of the molecule is O=C(N[C@H]1CO[C@H]2[C@@H]1OC[C@@H]2O)c1cn[nH]c1-c1cccc(F)c1. The van der Waals surface area contributed by atoms with Crippen molar-refractivity contribution < 1.29 is 23.8 Å². The van der Waals surface area contributed by atoms with Crippen molar-refractivity contribution in [3.63, 3.8) is 0 Å². The minimum Gasteiger partial charge on any atom is -0.388 e. The first kappa shape index (κ1) is 15.3. The smallest absolute Gasteiger partial charge is 0.255 e. The Kier molecular flexibility index (Phi) is 3.79. The number of nitrogens with one attached hydrogen (secondary N) is 2. The van der Waals surface area contributed by atoms with Crippen LogP contribution in [-0.4, -0.2) is 58.8 Å². The molecule has 4 rings (SSSR count). The Balaban J connectivity index is 1.53. The van der Waals surface area contributed by atoms with Crippen LogP contribution in [0.3, 0.4) is 0 Å². The summed E-state index contributed by atoms with van der Waals surface area (Å²) >= 11 is 0. The van der Waals surface area contributed by atoms with E-state index in [1.807, 2.05) is 0 Å². The summed E-state index contributed by atoms with van der Waals surface area (Å²) in [6, 6.07) is 5.57. The van der Waals surface area contributed by atoms with Gasteiger partial charge in [0.1, 0.15) is 24.1 Å². The van der Waals surface area contributed by atoms with E-state index in [0.717, 1.165) is 0 Å². The van der Waals surface area contributed by atoms with Crippen LogP contribution in [0.2, 0.25) is 0 Å². The summed E-state index contributed by atoms with van der Waals surface area (Å²) in [5.74, 6) is -0.754. The van der Waals surface area contributed by atoms with Gasteiger partial charge in [0.15, 0.2) is 0 Å². The van der Waals surface area contributed by atoms with Gasteiger partial charge in [-0.25, -0.2) is 4.39 Å². The molecule has 0 bridgehead atoms. The average molecular weight is 333 g/mol. The van der Waals surface area contributed by atoms with Gasteiger partial charge in [-0.1, -0.05) is 12.1 Å². The molecule has 0 unspecified atom stereocenters. The molecule has 7 nitrogen and oxygen atoms in total. The van der Waals surface area contributed by atoms with Crippen molar-refractivity contribution in [1.82, 2.24) is 15.5 Å². The summed E-state index contributed by atoms with van der Waals surface area (Å²) in [5.41, 5.74) is 1.28. The Morgan fingerprint density at radius 1 is 1.33 bits per heavy atom. The minimum atomic E-state index is -0.673. The van der Waals surface area contributed by atoms with Gasteiger partial charge >= 0.3 is 0 Å². The molecule has 2 aliphatic rings. The standard InChI is InChI=1S/C16H16FN3O4/c17-9-3-1-2-8(4-9)13-10(5-18-20-13)16(22)19-11-6-23-15-12(21)7-24-14(11)15/h1-5,11-12,14-15,21H,6-7H2,(H,18,20)(H,19,22)/t11-,12-,14+,15+/m0/s1. The van der Waals surface area contributed by atoms with Crippen molar-refractivity contribution in [2.75, 3.05) is 13.2 Å². The highest BCUT2D eigenvalue weighted by Gasteiger charge is 2.47. The van der Waals surface area contributed by atoms with Gasteiger partial charge in [-0.2, -0.15) is 5.10 Å². The Morgan fingerprint density at radius 3 is 3.00 bits per heavy atom. The highest BCUT2D eigenvalue weighted by molar-refractivity contribution is 5.99. The van der Waals surface area contributed by atoms with Crippen LogP contribution in [0.15, 0.2) is 30.5 Å². The predicted octanol–water partition coefficient (Wildman–Crippen LogP) is 0.473. The molecular formula is C16H16FN3O4. The first-order chi connectivity index (χ1) is 11.6. The van der Waals surface area contributed by atoms with E-state index in [-0.39, 0.29) is 31.3 Å². The van der Waals surface area contributed by atoms with Crippen LogP contribution >= 0.6 is 0 Å². The maximum Gasteiger partial charge on any atom is 0.255 e. The van der Waals surface area contributed by atoms with Crippen LogP contribution in [0.5, 0.6) is 0 Å². The molecule has 126 valence electrons. The number of aromatic amines is 1. The first-order valence-electron chi connectivity index (χ1n) is 7.65. The number of aliphatic hydroxyl groups excluding tert-OH is 1. The number of benzene rings is 1. The molecule has 3 heterocycles. The number of amides is 1. The summed E-state index contributed by atoms with van der Waals surface area (Å²) in [7, 11) is 0. The molecule has 2 saturated heterocycles. The Labute approximate surface area is 136 Å². The third kappa shape index (κ3) is 2.58. The van der Waals surface area contributed by atoms with E-state index in [0.29, 0.717) is 16.8 Å². The number of H-pyrrole nitrogens is 1. The molecule has 1 aromatic carbocycles. The van der Waals surface area contributed by atoms with E-state index < -0.39 is 18.0 Å². The molecule has 0 spiro atoms. The summed E-state index contributed by atoms with van der Waals surface area (Å²) in [6.07, 6.45) is -0.0581. The van der Waals surface area contributed by atoms with E-state index in [1.165, 1.54) is 18.3 Å². The van der Waals surface area contributed by atoms with Crippen molar-refractivity contribution in [3.05, 3.63) is 41.8 Å². The van der Waals surface area contributed by atoms with Crippen molar-refractivity contribution in [2.24, 2.45) is 0 Å². The largest absolute Gasteiger partial charge is 0.388 e. The van der Waals surface area contributed by atoms with Crippen molar-refractivity contribution in [2.45, 2.75) is 24.4 Å². The molecule has 3 N–H and O–H groups in total. The maximum absolute atomic E-state index is 13.4. The molecule has 2 aliphatic heterocycles. The second kappa shape index (κ2) is 5.97. The molecular weight excluding hydrogens is 317 g/mol. The van der Waals surface area contributed by atoms with Gasteiger partial charge in [-0.15, -0.1) is 0 Å². The normalized spacial score (nSPS) is 28.8. The molecule has 24 heavy (non-hydrogen) atoms. The Morgan fingerprint density at radius 2 is 2.17 bits per heavy atom. The maximum atomic E-state index is 13.4. The lowest BCUT2D eigenvalue weighted by atomic mass is 10.1. The van der Waals surface area contributed by atoms with Crippen LogP contribution < -0.4 is 5.32 Å². The second-order valence-electron chi connectivity index (χ2n) is 5.91. The van der Waals surface area contributed by atoms with Gasteiger partial charge in [0, 0.05) is 5.56 Å². The van der Waals surface area contributed by atoms with Crippen LogP contribution in [-0.2, 0) is 9.47 Å². The molecule has 2 aromatic rings. The Hall–Kier alpha value is -2.29. The number of aromatic nitrogens is 2. The minimum absolute atomic E-state index is 0.196. The van der Waals surface area contributed by atoms with Gasteiger partial charge in [0.25, 0.3) is 5.91 Å². The lowest BCUT2D eigenvalue weighted by Gasteiger charge is -2.17. The molecule has 1 aromatic heterocycles. The van der Waals surface area contributed by atoms with Crippen molar-refractivity contribution in [1.29, 1.82) is 0 Å². The zero-order valence-corrected chi connectivity index (χ0v) is 12.6. The zero-order chi connectivity index (χ0) is 16.7. The number of fused-ring (bicyclic) bond motifs is 1. The fourth-order valence-corrected chi connectivity index (χ4v) is 3.17.